The molecule has 11 heteroatoms. The zero-order chi connectivity index (χ0) is 21.0. The van der Waals surface area contributed by atoms with E-state index in [0.29, 0.717) is 9.64 Å². The summed E-state index contributed by atoms with van der Waals surface area (Å²) in [6.07, 6.45) is 3.36. The van der Waals surface area contributed by atoms with Crippen molar-refractivity contribution >= 4 is 58.5 Å². The second kappa shape index (κ2) is 7.11. The summed E-state index contributed by atoms with van der Waals surface area (Å²) in [5.41, 5.74) is 1.06. The molecule has 1 aromatic carbocycles. The third-order valence-corrected chi connectivity index (χ3v) is 7.94. The van der Waals surface area contributed by atoms with Crippen LogP contribution < -0.4 is 4.90 Å². The fourth-order valence-corrected chi connectivity index (χ4v) is 6.87. The van der Waals surface area contributed by atoms with Gasteiger partial charge in [0.25, 0.3) is 5.69 Å². The van der Waals surface area contributed by atoms with Crippen molar-refractivity contribution in [1.29, 1.82) is 0 Å². The maximum atomic E-state index is 13.5. The molecule has 2 aliphatic heterocycles. The minimum Gasteiger partial charge on any atom is -0.332 e. The van der Waals surface area contributed by atoms with Gasteiger partial charge in [-0.15, -0.1) is 11.3 Å². The van der Waals surface area contributed by atoms with Crippen molar-refractivity contribution in [1.82, 2.24) is 9.97 Å². The Morgan fingerprint density at radius 3 is 2.60 bits per heavy atom. The van der Waals surface area contributed by atoms with Crippen LogP contribution in [0.15, 0.2) is 53.8 Å². The highest BCUT2D eigenvalue weighted by atomic mass is 32.2. The highest BCUT2D eigenvalue weighted by Gasteiger charge is 2.56. The first-order chi connectivity index (χ1) is 14.5. The van der Waals surface area contributed by atoms with Crippen molar-refractivity contribution in [3.63, 3.8) is 0 Å². The Morgan fingerprint density at radius 1 is 1.17 bits per heavy atom. The van der Waals surface area contributed by atoms with Crippen LogP contribution in [0.5, 0.6) is 0 Å². The van der Waals surface area contributed by atoms with E-state index in [0.717, 1.165) is 20.4 Å². The molecule has 0 radical (unpaired) electrons. The standard InChI is InChI=1S/C19H12N4O4S3/c24-17-13-12(9-2-1-7-20-8-9)14-16(21-19(28)30-14)29-15(13)18(25)22(17)10-3-5-11(6-4-10)23(26)27/h1-8,12-13,15H,(H,21,28). The lowest BCUT2D eigenvalue weighted by Crippen LogP contribution is -2.32. The quantitative estimate of drug-likeness (QED) is 0.275. The Balaban J connectivity index is 1.61. The number of nitrogens with one attached hydrogen (secondary N) is 1. The molecule has 3 unspecified atom stereocenters. The summed E-state index contributed by atoms with van der Waals surface area (Å²) in [6, 6.07) is 9.13. The second-order valence-corrected chi connectivity index (χ2v) is 9.69. The van der Waals surface area contributed by atoms with Gasteiger partial charge in [-0.25, -0.2) is 4.90 Å². The molecule has 0 spiro atoms. The molecule has 1 saturated heterocycles. The number of nitro groups is 1. The van der Waals surface area contributed by atoms with E-state index < -0.39 is 16.1 Å². The number of imide groups is 1. The van der Waals surface area contributed by atoms with Crippen molar-refractivity contribution in [2.75, 3.05) is 4.90 Å². The van der Waals surface area contributed by atoms with E-state index in [-0.39, 0.29) is 23.4 Å². The van der Waals surface area contributed by atoms with E-state index in [9.17, 15) is 19.7 Å². The summed E-state index contributed by atoms with van der Waals surface area (Å²) < 4.78 is 0.591. The Bertz CT molecular complexity index is 1240. The number of benzene rings is 1. The van der Waals surface area contributed by atoms with E-state index in [1.165, 1.54) is 47.4 Å². The number of pyridine rings is 1. The average Bonchev–Trinajstić information content (AvgIpc) is 3.23. The van der Waals surface area contributed by atoms with Crippen LogP contribution in [0.25, 0.3) is 0 Å². The van der Waals surface area contributed by atoms with Crippen LogP contribution in [-0.2, 0) is 9.59 Å². The normalized spacial score (nSPS) is 22.7. The summed E-state index contributed by atoms with van der Waals surface area (Å²) in [5.74, 6) is -1.63. The van der Waals surface area contributed by atoms with Crippen molar-refractivity contribution < 1.29 is 14.5 Å². The third-order valence-electron chi connectivity index (χ3n) is 5.19. The Kier molecular flexibility index (Phi) is 4.53. The summed E-state index contributed by atoms with van der Waals surface area (Å²) in [6.45, 7) is 0. The van der Waals surface area contributed by atoms with Crippen molar-refractivity contribution in [3.8, 4) is 0 Å². The van der Waals surface area contributed by atoms with Gasteiger partial charge in [-0.1, -0.05) is 17.8 Å². The maximum absolute atomic E-state index is 13.5. The van der Waals surface area contributed by atoms with Gasteiger partial charge < -0.3 is 4.98 Å². The van der Waals surface area contributed by atoms with E-state index in [2.05, 4.69) is 9.97 Å². The van der Waals surface area contributed by atoms with Gasteiger partial charge in [0.1, 0.15) is 5.25 Å². The Labute approximate surface area is 183 Å². The topological polar surface area (TPSA) is 109 Å². The molecule has 2 amide bonds. The van der Waals surface area contributed by atoms with Crippen LogP contribution in [0.3, 0.4) is 0 Å². The number of thiazole rings is 1. The first-order valence-electron chi connectivity index (χ1n) is 8.87. The molecule has 0 saturated carbocycles. The minimum absolute atomic E-state index is 0.104. The summed E-state index contributed by atoms with van der Waals surface area (Å²) >= 11 is 8.02. The van der Waals surface area contributed by atoms with Crippen LogP contribution in [0.2, 0.25) is 0 Å². The predicted molar refractivity (Wildman–Crippen MR) is 114 cm³/mol. The number of amides is 2. The van der Waals surface area contributed by atoms with Crippen LogP contribution >= 0.6 is 35.3 Å². The molecule has 30 heavy (non-hydrogen) atoms. The average molecular weight is 457 g/mol. The van der Waals surface area contributed by atoms with Gasteiger partial charge in [0.15, 0.2) is 3.95 Å². The Morgan fingerprint density at radius 2 is 1.93 bits per heavy atom. The van der Waals surface area contributed by atoms with Crippen molar-refractivity contribution in [2.24, 2.45) is 5.92 Å². The number of carbonyl (C=O) groups is 2. The van der Waals surface area contributed by atoms with E-state index in [1.807, 2.05) is 6.07 Å². The number of aromatic amines is 1. The zero-order valence-corrected chi connectivity index (χ0v) is 17.5. The van der Waals surface area contributed by atoms with Gasteiger partial charge in [-0.3, -0.25) is 24.7 Å². The van der Waals surface area contributed by atoms with E-state index in [4.69, 9.17) is 12.2 Å². The van der Waals surface area contributed by atoms with E-state index in [1.54, 1.807) is 18.5 Å². The smallest absolute Gasteiger partial charge is 0.269 e. The number of aromatic nitrogens is 2. The Hall–Kier alpha value is -2.89. The molecule has 3 aromatic rings. The number of anilines is 1. The SMILES string of the molecule is O=C1C2Sc3[nH]c(=S)sc3C(c3cccnc3)C2C(=O)N1c1ccc([N+](=O)[O-])cc1. The molecular formula is C19H12N4O4S3. The van der Waals surface area contributed by atoms with Crippen LogP contribution in [0.4, 0.5) is 11.4 Å². The lowest BCUT2D eigenvalue weighted by molar-refractivity contribution is -0.384. The molecule has 5 rings (SSSR count). The van der Waals surface area contributed by atoms with Crippen molar-refractivity contribution in [2.45, 2.75) is 16.2 Å². The molecular weight excluding hydrogens is 444 g/mol. The fraction of sp³-hybridized carbons (Fsp3) is 0.158. The second-order valence-electron chi connectivity index (χ2n) is 6.82. The zero-order valence-electron chi connectivity index (χ0n) is 15.1. The number of hydrogen-bond donors (Lipinski definition) is 1. The number of carbonyl (C=O) groups excluding carboxylic acids is 2. The maximum Gasteiger partial charge on any atom is 0.269 e. The number of fused-ring (bicyclic) bond motifs is 2. The molecule has 4 heterocycles. The van der Waals surface area contributed by atoms with Gasteiger partial charge in [-0.2, -0.15) is 0 Å². The van der Waals surface area contributed by atoms with Gasteiger partial charge in [0.05, 0.1) is 21.6 Å². The molecule has 8 nitrogen and oxygen atoms in total. The number of hydrogen-bond acceptors (Lipinski definition) is 8. The number of H-pyrrole nitrogens is 1. The monoisotopic (exact) mass is 456 g/mol. The lowest BCUT2D eigenvalue weighted by Gasteiger charge is -2.29. The number of nitrogens with zero attached hydrogens (tertiary/aromatic N) is 3. The number of thioether (sulfide) groups is 1. The predicted octanol–water partition coefficient (Wildman–Crippen LogP) is 3.90. The number of rotatable bonds is 3. The summed E-state index contributed by atoms with van der Waals surface area (Å²) in [7, 11) is 0. The first-order valence-corrected chi connectivity index (χ1v) is 11.0. The van der Waals surface area contributed by atoms with Gasteiger partial charge >= 0.3 is 0 Å². The highest BCUT2D eigenvalue weighted by Crippen LogP contribution is 2.53. The minimum atomic E-state index is -0.620. The van der Waals surface area contributed by atoms with Crippen LogP contribution in [0.1, 0.15) is 16.4 Å². The third kappa shape index (κ3) is 2.89. The lowest BCUT2D eigenvalue weighted by atomic mass is 9.84. The molecule has 3 atom stereocenters. The summed E-state index contributed by atoms with van der Waals surface area (Å²) in [4.78, 5) is 46.5. The first kappa shape index (κ1) is 19.1. The molecule has 2 aromatic heterocycles. The van der Waals surface area contributed by atoms with Gasteiger partial charge in [0, 0.05) is 35.3 Å². The molecule has 2 aliphatic rings. The number of non-ortho nitro benzene ring substituents is 1. The van der Waals surface area contributed by atoms with Crippen LogP contribution in [0, 0.1) is 20.0 Å². The molecule has 1 fully saturated rings. The molecule has 150 valence electrons. The van der Waals surface area contributed by atoms with E-state index >= 15 is 0 Å². The fourth-order valence-electron chi connectivity index (χ4n) is 3.91. The molecule has 0 aliphatic carbocycles. The number of nitro benzene ring substituents is 1. The summed E-state index contributed by atoms with van der Waals surface area (Å²) in [5, 5.41) is 11.1. The van der Waals surface area contributed by atoms with Crippen molar-refractivity contribution in [3.05, 3.63) is 73.3 Å². The molecule has 0 bridgehead atoms. The van der Waals surface area contributed by atoms with Gasteiger partial charge in [-0.05, 0) is 36.0 Å². The molecule has 1 N–H and O–H groups in total. The van der Waals surface area contributed by atoms with Crippen LogP contribution in [-0.4, -0.2) is 32.0 Å². The highest BCUT2D eigenvalue weighted by molar-refractivity contribution is 8.01. The van der Waals surface area contributed by atoms with Gasteiger partial charge in [0.2, 0.25) is 11.8 Å². The largest absolute Gasteiger partial charge is 0.332 e.